The number of benzene rings is 1. The van der Waals surface area contributed by atoms with Crippen LogP contribution in [0, 0.1) is 5.92 Å². The number of hydrogen-bond acceptors (Lipinski definition) is 4. The molecular formula is C19H28N2O3. The normalized spacial score (nSPS) is 17.3. The number of carbonyl (C=O) groups excluding carboxylic acids is 2. The number of likely N-dealkylation sites (tertiary alicyclic amines) is 1. The predicted octanol–water partition coefficient (Wildman–Crippen LogP) is 2.85. The first-order chi connectivity index (χ1) is 11.5. The first-order valence-electron chi connectivity index (χ1n) is 8.85. The highest BCUT2D eigenvalue weighted by molar-refractivity contribution is 5.94. The van der Waals surface area contributed by atoms with E-state index in [1.807, 2.05) is 38.1 Å². The minimum absolute atomic E-state index is 0.00571. The molecule has 132 valence electrons. The molecule has 1 fully saturated rings. The number of piperidine rings is 1. The third-order valence-corrected chi connectivity index (χ3v) is 4.71. The molecule has 5 heteroatoms. The molecule has 1 unspecified atom stereocenters. The van der Waals surface area contributed by atoms with Gasteiger partial charge in [-0.15, -0.1) is 0 Å². The topological polar surface area (TPSA) is 58.6 Å². The van der Waals surface area contributed by atoms with E-state index in [4.69, 9.17) is 4.74 Å². The van der Waals surface area contributed by atoms with Gasteiger partial charge in [0.25, 0.3) is 0 Å². The molecule has 1 aliphatic heterocycles. The van der Waals surface area contributed by atoms with Gasteiger partial charge in [-0.05, 0) is 63.9 Å². The molecule has 1 amide bonds. The second-order valence-electron chi connectivity index (χ2n) is 6.28. The second-order valence-corrected chi connectivity index (χ2v) is 6.28. The number of amides is 1. The largest absolute Gasteiger partial charge is 0.466 e. The molecule has 0 bridgehead atoms. The van der Waals surface area contributed by atoms with E-state index in [1.165, 1.54) is 5.56 Å². The Labute approximate surface area is 144 Å². The lowest BCUT2D eigenvalue weighted by Gasteiger charge is -2.34. The smallest absolute Gasteiger partial charge is 0.309 e. The van der Waals surface area contributed by atoms with Crippen molar-refractivity contribution in [3.8, 4) is 0 Å². The monoisotopic (exact) mass is 332 g/mol. The minimum atomic E-state index is -0.209. The van der Waals surface area contributed by atoms with E-state index >= 15 is 0 Å². The first kappa shape index (κ1) is 18.5. The van der Waals surface area contributed by atoms with E-state index in [9.17, 15) is 9.59 Å². The summed E-state index contributed by atoms with van der Waals surface area (Å²) in [5, 5.41) is 2.97. The summed E-state index contributed by atoms with van der Waals surface area (Å²) >= 11 is 0. The molecule has 1 atom stereocenters. The zero-order valence-corrected chi connectivity index (χ0v) is 14.9. The fraction of sp³-hybridized carbons (Fsp3) is 0.579. The SMILES string of the molecule is CCOC(=O)C1CCN(C(C)C(=O)Nc2ccc(CC)cc2)CC1. The molecule has 1 heterocycles. The highest BCUT2D eigenvalue weighted by Gasteiger charge is 2.30. The third-order valence-electron chi connectivity index (χ3n) is 4.71. The summed E-state index contributed by atoms with van der Waals surface area (Å²) in [5.41, 5.74) is 2.08. The maximum Gasteiger partial charge on any atom is 0.309 e. The summed E-state index contributed by atoms with van der Waals surface area (Å²) in [6.07, 6.45) is 2.49. The summed E-state index contributed by atoms with van der Waals surface area (Å²) in [4.78, 5) is 26.4. The molecule has 1 N–H and O–H groups in total. The van der Waals surface area contributed by atoms with Crippen molar-refractivity contribution in [3.05, 3.63) is 29.8 Å². The summed E-state index contributed by atoms with van der Waals surface area (Å²) < 4.78 is 5.09. The van der Waals surface area contributed by atoms with Crippen molar-refractivity contribution in [2.45, 2.75) is 46.1 Å². The van der Waals surface area contributed by atoms with Crippen molar-refractivity contribution < 1.29 is 14.3 Å². The van der Waals surface area contributed by atoms with Gasteiger partial charge in [0.1, 0.15) is 0 Å². The first-order valence-corrected chi connectivity index (χ1v) is 8.85. The van der Waals surface area contributed by atoms with Crippen LogP contribution in [0.5, 0.6) is 0 Å². The number of rotatable bonds is 6. The molecule has 0 spiro atoms. The number of anilines is 1. The maximum atomic E-state index is 12.4. The Kier molecular flexibility index (Phi) is 6.79. The average molecular weight is 332 g/mol. The van der Waals surface area contributed by atoms with Gasteiger partial charge in [-0.1, -0.05) is 19.1 Å². The van der Waals surface area contributed by atoms with Gasteiger partial charge in [0, 0.05) is 5.69 Å². The summed E-state index contributed by atoms with van der Waals surface area (Å²) in [6.45, 7) is 7.76. The zero-order valence-electron chi connectivity index (χ0n) is 14.9. The fourth-order valence-corrected chi connectivity index (χ4v) is 3.02. The second kappa shape index (κ2) is 8.83. The number of aryl methyl sites for hydroxylation is 1. The van der Waals surface area contributed by atoms with Gasteiger partial charge in [-0.25, -0.2) is 0 Å². The number of nitrogens with one attached hydrogen (secondary N) is 1. The van der Waals surface area contributed by atoms with Crippen molar-refractivity contribution in [1.82, 2.24) is 4.90 Å². The van der Waals surface area contributed by atoms with Crippen LogP contribution in [0.4, 0.5) is 5.69 Å². The summed E-state index contributed by atoms with van der Waals surface area (Å²) in [5.74, 6) is -0.142. The summed E-state index contributed by atoms with van der Waals surface area (Å²) in [7, 11) is 0. The van der Waals surface area contributed by atoms with Crippen molar-refractivity contribution in [2.75, 3.05) is 25.0 Å². The van der Waals surface area contributed by atoms with Crippen molar-refractivity contribution in [3.63, 3.8) is 0 Å². The van der Waals surface area contributed by atoms with Crippen molar-refractivity contribution >= 4 is 17.6 Å². The van der Waals surface area contributed by atoms with Gasteiger partial charge in [0.15, 0.2) is 0 Å². The van der Waals surface area contributed by atoms with Crippen LogP contribution in [0.25, 0.3) is 0 Å². The lowest BCUT2D eigenvalue weighted by molar-refractivity contribution is -0.149. The van der Waals surface area contributed by atoms with Gasteiger partial charge in [-0.2, -0.15) is 0 Å². The van der Waals surface area contributed by atoms with Crippen LogP contribution in [-0.2, 0) is 20.7 Å². The average Bonchev–Trinajstić information content (AvgIpc) is 2.62. The maximum absolute atomic E-state index is 12.4. The Morgan fingerprint density at radius 3 is 2.38 bits per heavy atom. The van der Waals surface area contributed by atoms with Crippen molar-refractivity contribution in [2.24, 2.45) is 5.92 Å². The molecule has 24 heavy (non-hydrogen) atoms. The van der Waals surface area contributed by atoms with E-state index < -0.39 is 0 Å². The lowest BCUT2D eigenvalue weighted by Crippen LogP contribution is -2.47. The zero-order chi connectivity index (χ0) is 17.5. The minimum Gasteiger partial charge on any atom is -0.466 e. The highest BCUT2D eigenvalue weighted by Crippen LogP contribution is 2.21. The highest BCUT2D eigenvalue weighted by atomic mass is 16.5. The van der Waals surface area contributed by atoms with Crippen LogP contribution in [0.2, 0.25) is 0 Å². The standard InChI is InChI=1S/C19H28N2O3/c1-4-15-6-8-17(9-7-15)20-18(22)14(3)21-12-10-16(11-13-21)19(23)24-5-2/h6-9,14,16H,4-5,10-13H2,1-3H3,(H,20,22). The fourth-order valence-electron chi connectivity index (χ4n) is 3.02. The van der Waals surface area contributed by atoms with Gasteiger partial charge in [-0.3, -0.25) is 14.5 Å². The molecular weight excluding hydrogens is 304 g/mol. The quantitative estimate of drug-likeness (QED) is 0.814. The van der Waals surface area contributed by atoms with Crippen LogP contribution < -0.4 is 5.32 Å². The van der Waals surface area contributed by atoms with E-state index in [0.29, 0.717) is 6.61 Å². The van der Waals surface area contributed by atoms with E-state index in [1.54, 1.807) is 0 Å². The Morgan fingerprint density at radius 1 is 1.21 bits per heavy atom. The molecule has 0 aliphatic carbocycles. The lowest BCUT2D eigenvalue weighted by atomic mass is 9.96. The van der Waals surface area contributed by atoms with E-state index in [0.717, 1.165) is 38.0 Å². The van der Waals surface area contributed by atoms with Crippen molar-refractivity contribution in [1.29, 1.82) is 0 Å². The van der Waals surface area contributed by atoms with Gasteiger partial charge >= 0.3 is 5.97 Å². The molecule has 0 aromatic heterocycles. The van der Waals surface area contributed by atoms with E-state index in [-0.39, 0.29) is 23.8 Å². The van der Waals surface area contributed by atoms with Gasteiger partial charge in [0.2, 0.25) is 5.91 Å². The molecule has 1 aliphatic rings. The van der Waals surface area contributed by atoms with Crippen LogP contribution in [0.1, 0.15) is 39.2 Å². The molecule has 2 rings (SSSR count). The number of hydrogen-bond donors (Lipinski definition) is 1. The van der Waals surface area contributed by atoms with Gasteiger partial charge < -0.3 is 10.1 Å². The Morgan fingerprint density at radius 2 is 1.83 bits per heavy atom. The molecule has 0 saturated carbocycles. The van der Waals surface area contributed by atoms with Crippen LogP contribution in [0.15, 0.2) is 24.3 Å². The predicted molar refractivity (Wildman–Crippen MR) is 94.8 cm³/mol. The Hall–Kier alpha value is -1.88. The van der Waals surface area contributed by atoms with E-state index in [2.05, 4.69) is 17.1 Å². The van der Waals surface area contributed by atoms with Crippen LogP contribution in [0.3, 0.4) is 0 Å². The molecule has 0 radical (unpaired) electrons. The molecule has 5 nitrogen and oxygen atoms in total. The van der Waals surface area contributed by atoms with Crippen LogP contribution >= 0.6 is 0 Å². The number of nitrogens with zero attached hydrogens (tertiary/aromatic N) is 1. The van der Waals surface area contributed by atoms with Crippen LogP contribution in [-0.4, -0.2) is 42.5 Å². The Balaban J connectivity index is 1.84. The molecule has 1 aromatic rings. The molecule has 1 saturated heterocycles. The number of carbonyl (C=O) groups is 2. The van der Waals surface area contributed by atoms with Gasteiger partial charge in [0.05, 0.1) is 18.6 Å². The summed E-state index contributed by atoms with van der Waals surface area (Å²) in [6, 6.07) is 7.74. The third kappa shape index (κ3) is 4.81. The molecule has 1 aromatic carbocycles. The Bertz CT molecular complexity index is 548. The number of ether oxygens (including phenoxy) is 1. The number of esters is 1.